The number of nitrogens with one attached hydrogen (secondary N) is 2. The zero-order valence-corrected chi connectivity index (χ0v) is 10.8. The van der Waals surface area contributed by atoms with Crippen LogP contribution in [0.2, 0.25) is 0 Å². The number of hydrogen-bond acceptors (Lipinski definition) is 2. The van der Waals surface area contributed by atoms with Crippen molar-refractivity contribution in [2.24, 2.45) is 23.7 Å². The molecule has 3 N–H and O–H groups in total. The van der Waals surface area contributed by atoms with Crippen LogP contribution < -0.4 is 10.6 Å². The third-order valence-corrected chi connectivity index (χ3v) is 4.99. The maximum absolute atomic E-state index is 11.8. The Hall–Kier alpha value is -1.26. The van der Waals surface area contributed by atoms with E-state index in [1.54, 1.807) is 0 Å². The number of carboxylic acids is 1. The molecule has 100 valence electrons. The lowest BCUT2D eigenvalue weighted by atomic mass is 10.0. The van der Waals surface area contributed by atoms with Crippen LogP contribution in [0, 0.1) is 23.7 Å². The largest absolute Gasteiger partial charge is 0.480 e. The van der Waals surface area contributed by atoms with Crippen LogP contribution in [0.5, 0.6) is 0 Å². The molecule has 3 saturated carbocycles. The van der Waals surface area contributed by atoms with E-state index < -0.39 is 11.5 Å². The summed E-state index contributed by atoms with van der Waals surface area (Å²) in [5.41, 5.74) is -1.22. The van der Waals surface area contributed by atoms with Crippen molar-refractivity contribution in [3.63, 3.8) is 0 Å². The molecule has 0 radical (unpaired) electrons. The molecule has 4 unspecified atom stereocenters. The minimum Gasteiger partial charge on any atom is -0.480 e. The van der Waals surface area contributed by atoms with E-state index in [1.165, 1.54) is 33.1 Å². The summed E-state index contributed by atoms with van der Waals surface area (Å²) < 4.78 is 0. The molecule has 2 amide bonds. The highest BCUT2D eigenvalue weighted by molar-refractivity contribution is 5.85. The summed E-state index contributed by atoms with van der Waals surface area (Å²) in [7, 11) is 0. The summed E-state index contributed by atoms with van der Waals surface area (Å²) in [6.45, 7) is 2.98. The fourth-order valence-electron chi connectivity index (χ4n) is 4.04. The van der Waals surface area contributed by atoms with Crippen molar-refractivity contribution in [1.29, 1.82) is 0 Å². The predicted octanol–water partition coefficient (Wildman–Crippen LogP) is 1.19. The summed E-state index contributed by atoms with van der Waals surface area (Å²) in [5.74, 6) is 1.93. The molecule has 0 saturated heterocycles. The van der Waals surface area contributed by atoms with E-state index in [4.69, 9.17) is 5.11 Å². The van der Waals surface area contributed by atoms with Crippen LogP contribution in [0.1, 0.15) is 33.1 Å². The summed E-state index contributed by atoms with van der Waals surface area (Å²) in [5, 5.41) is 14.4. The minimum absolute atomic E-state index is 0.292. The van der Waals surface area contributed by atoms with Gasteiger partial charge in [0.2, 0.25) is 0 Å². The van der Waals surface area contributed by atoms with Crippen molar-refractivity contribution < 1.29 is 14.7 Å². The summed E-state index contributed by atoms with van der Waals surface area (Å²) in [4.78, 5) is 22.7. The number of carbonyl (C=O) groups is 2. The molecule has 2 bridgehead atoms. The smallest absolute Gasteiger partial charge is 0.328 e. The molecule has 0 aromatic rings. The van der Waals surface area contributed by atoms with Gasteiger partial charge in [-0.1, -0.05) is 0 Å². The molecule has 0 aromatic heterocycles. The van der Waals surface area contributed by atoms with Gasteiger partial charge in [0.1, 0.15) is 5.54 Å². The molecule has 18 heavy (non-hydrogen) atoms. The van der Waals surface area contributed by atoms with Crippen molar-refractivity contribution in [3.8, 4) is 0 Å². The first-order chi connectivity index (χ1) is 8.40. The molecular weight excluding hydrogens is 232 g/mol. The van der Waals surface area contributed by atoms with Crippen molar-refractivity contribution in [2.75, 3.05) is 0 Å². The van der Waals surface area contributed by atoms with E-state index in [9.17, 15) is 9.59 Å². The highest BCUT2D eigenvalue weighted by Gasteiger charge is 2.65. The molecule has 4 atom stereocenters. The predicted molar refractivity (Wildman–Crippen MR) is 65.0 cm³/mol. The lowest BCUT2D eigenvalue weighted by Crippen LogP contribution is -2.54. The maximum atomic E-state index is 11.8. The van der Waals surface area contributed by atoms with Gasteiger partial charge in [-0.25, -0.2) is 9.59 Å². The number of carbonyl (C=O) groups excluding carboxylic acids is 1. The summed E-state index contributed by atoms with van der Waals surface area (Å²) >= 11 is 0. The molecular formula is C13H20N2O3. The van der Waals surface area contributed by atoms with Crippen LogP contribution in [0.3, 0.4) is 0 Å². The average Bonchev–Trinajstić information content (AvgIpc) is 2.69. The van der Waals surface area contributed by atoms with Gasteiger partial charge in [-0.05, 0) is 56.8 Å². The average molecular weight is 252 g/mol. The molecule has 3 fully saturated rings. The van der Waals surface area contributed by atoms with E-state index in [2.05, 4.69) is 10.6 Å². The van der Waals surface area contributed by atoms with E-state index >= 15 is 0 Å². The van der Waals surface area contributed by atoms with Crippen LogP contribution in [-0.2, 0) is 4.79 Å². The standard InChI is InChI=1S/C13H20N2O3/c1-13(2,11(16)17)15-12(18)14-10-8-6-3-4-7(5-6)9(8)10/h6-10H,3-5H2,1-2H3,(H,16,17)(H2,14,15,18). The number of fused-ring (bicyclic) bond motifs is 5. The fourth-order valence-corrected chi connectivity index (χ4v) is 4.04. The van der Waals surface area contributed by atoms with Crippen LogP contribution >= 0.6 is 0 Å². The molecule has 3 rings (SSSR count). The van der Waals surface area contributed by atoms with Gasteiger partial charge in [-0.3, -0.25) is 0 Å². The normalized spacial score (nSPS) is 40.2. The maximum Gasteiger partial charge on any atom is 0.328 e. The van der Waals surface area contributed by atoms with Crippen molar-refractivity contribution >= 4 is 12.0 Å². The Bertz CT molecular complexity index is 391. The fraction of sp³-hybridized carbons (Fsp3) is 0.846. The van der Waals surface area contributed by atoms with E-state index in [-0.39, 0.29) is 6.03 Å². The minimum atomic E-state index is -1.22. The molecule has 5 heteroatoms. The van der Waals surface area contributed by atoms with Gasteiger partial charge in [0.15, 0.2) is 0 Å². The van der Waals surface area contributed by atoms with E-state index in [0.29, 0.717) is 17.9 Å². The molecule has 3 aliphatic carbocycles. The Balaban J connectivity index is 1.53. The zero-order valence-electron chi connectivity index (χ0n) is 10.8. The Morgan fingerprint density at radius 2 is 1.72 bits per heavy atom. The van der Waals surface area contributed by atoms with Crippen LogP contribution in [0.4, 0.5) is 4.79 Å². The summed E-state index contributed by atoms with van der Waals surface area (Å²) in [6.07, 6.45) is 3.97. The van der Waals surface area contributed by atoms with Crippen molar-refractivity contribution in [3.05, 3.63) is 0 Å². The first-order valence-electron chi connectivity index (χ1n) is 6.72. The van der Waals surface area contributed by atoms with Gasteiger partial charge in [0.05, 0.1) is 0 Å². The quantitative estimate of drug-likeness (QED) is 0.706. The molecule has 5 nitrogen and oxygen atoms in total. The van der Waals surface area contributed by atoms with Gasteiger partial charge in [-0.2, -0.15) is 0 Å². The monoisotopic (exact) mass is 252 g/mol. The molecule has 0 aromatic carbocycles. The Kier molecular flexibility index (Phi) is 2.37. The molecule has 3 aliphatic rings. The first-order valence-corrected chi connectivity index (χ1v) is 6.72. The number of urea groups is 1. The number of hydrogen-bond donors (Lipinski definition) is 3. The van der Waals surface area contributed by atoms with E-state index in [1.807, 2.05) is 0 Å². The molecule has 0 heterocycles. The second-order valence-electron chi connectivity index (χ2n) is 6.54. The van der Waals surface area contributed by atoms with Gasteiger partial charge < -0.3 is 15.7 Å². The number of aliphatic carboxylic acids is 1. The first kappa shape index (κ1) is 11.8. The van der Waals surface area contributed by atoms with Crippen molar-refractivity contribution in [2.45, 2.75) is 44.7 Å². The lowest BCUT2D eigenvalue weighted by molar-refractivity contribution is -0.142. The van der Waals surface area contributed by atoms with Crippen LogP contribution in [0.25, 0.3) is 0 Å². The highest BCUT2D eigenvalue weighted by Crippen LogP contribution is 2.65. The van der Waals surface area contributed by atoms with Gasteiger partial charge in [0.25, 0.3) is 0 Å². The third-order valence-electron chi connectivity index (χ3n) is 4.99. The third kappa shape index (κ3) is 1.68. The number of amides is 2. The Labute approximate surface area is 106 Å². The SMILES string of the molecule is CC(C)(NC(=O)NC1C2C3CCC(C3)C12)C(=O)O. The Morgan fingerprint density at radius 1 is 1.17 bits per heavy atom. The number of rotatable bonds is 3. The second kappa shape index (κ2) is 3.62. The molecule has 0 spiro atoms. The van der Waals surface area contributed by atoms with Crippen LogP contribution in [0.15, 0.2) is 0 Å². The topological polar surface area (TPSA) is 78.4 Å². The zero-order chi connectivity index (χ0) is 13.1. The van der Waals surface area contributed by atoms with Gasteiger partial charge in [-0.15, -0.1) is 0 Å². The highest BCUT2D eigenvalue weighted by atomic mass is 16.4. The lowest BCUT2D eigenvalue weighted by Gasteiger charge is -2.22. The number of carboxylic acid groups (broad SMARTS) is 1. The second-order valence-corrected chi connectivity index (χ2v) is 6.54. The van der Waals surface area contributed by atoms with Gasteiger partial charge in [0, 0.05) is 6.04 Å². The summed E-state index contributed by atoms with van der Waals surface area (Å²) in [6, 6.07) is -0.0537. The van der Waals surface area contributed by atoms with Crippen LogP contribution in [-0.4, -0.2) is 28.7 Å². The van der Waals surface area contributed by atoms with Crippen molar-refractivity contribution in [1.82, 2.24) is 10.6 Å². The Morgan fingerprint density at radius 3 is 2.22 bits per heavy atom. The van der Waals surface area contributed by atoms with Gasteiger partial charge >= 0.3 is 12.0 Å². The molecule has 0 aliphatic heterocycles. The van der Waals surface area contributed by atoms with E-state index in [0.717, 1.165) is 11.8 Å².